The number of carbonyl (C=O) groups excluding carboxylic acids is 3. The summed E-state index contributed by atoms with van der Waals surface area (Å²) in [5, 5.41) is 13.5. The number of nitrogens with one attached hydrogen (secondary N) is 2. The highest BCUT2D eigenvalue weighted by Gasteiger charge is 2.41. The molecule has 1 aromatic rings. The van der Waals surface area contributed by atoms with Crippen molar-refractivity contribution in [2.75, 3.05) is 13.7 Å². The highest BCUT2D eigenvalue weighted by atomic mass is 32.2. The van der Waals surface area contributed by atoms with Gasteiger partial charge in [0.25, 0.3) is 0 Å². The molecule has 0 radical (unpaired) electrons. The average molecular weight is 418 g/mol. The number of benzene rings is 1. The molecule has 3 atom stereocenters. The van der Waals surface area contributed by atoms with Crippen molar-refractivity contribution in [2.24, 2.45) is 5.73 Å². The lowest BCUT2D eigenvalue weighted by Crippen LogP contribution is -2.49. The number of nitriles is 1. The zero-order valence-corrected chi connectivity index (χ0v) is 17.0. The average Bonchev–Trinajstić information content (AvgIpc) is 3.04. The van der Waals surface area contributed by atoms with E-state index in [0.29, 0.717) is 11.3 Å². The lowest BCUT2D eigenvalue weighted by molar-refractivity contribution is -0.144. The topological polar surface area (TPSA) is 144 Å². The predicted molar refractivity (Wildman–Crippen MR) is 107 cm³/mol. The standard InChI is InChI=1S/C19H22N4O5S/c1-4-28-18(25)10(2)22-19(26)23-17(24)15-14(13(9-20)16(21)29-15)11-5-7-12(27-3)8-6-11/h5-8,10,14-15H,4,21H2,1-3H3,(H2,22,23,24,26)/t10-,14-,15-/m1/s1. The van der Waals surface area contributed by atoms with E-state index in [1.165, 1.54) is 14.0 Å². The lowest BCUT2D eigenvalue weighted by atomic mass is 9.88. The largest absolute Gasteiger partial charge is 0.497 e. The summed E-state index contributed by atoms with van der Waals surface area (Å²) in [6.07, 6.45) is 0. The molecule has 0 unspecified atom stereocenters. The van der Waals surface area contributed by atoms with Crippen LogP contribution in [0.3, 0.4) is 0 Å². The number of hydrogen-bond acceptors (Lipinski definition) is 8. The molecule has 0 saturated heterocycles. The third-order valence-electron chi connectivity index (χ3n) is 4.21. The van der Waals surface area contributed by atoms with Gasteiger partial charge in [0.1, 0.15) is 17.0 Å². The fourth-order valence-electron chi connectivity index (χ4n) is 2.80. The van der Waals surface area contributed by atoms with Gasteiger partial charge >= 0.3 is 12.0 Å². The van der Waals surface area contributed by atoms with Gasteiger partial charge < -0.3 is 20.5 Å². The van der Waals surface area contributed by atoms with Crippen molar-refractivity contribution in [1.82, 2.24) is 10.6 Å². The van der Waals surface area contributed by atoms with Gasteiger partial charge in [-0.15, -0.1) is 0 Å². The van der Waals surface area contributed by atoms with Crippen LogP contribution in [0.5, 0.6) is 5.75 Å². The number of imide groups is 1. The van der Waals surface area contributed by atoms with Crippen LogP contribution in [0.4, 0.5) is 4.79 Å². The van der Waals surface area contributed by atoms with Crippen LogP contribution in [0.2, 0.25) is 0 Å². The maximum atomic E-state index is 12.7. The molecule has 0 spiro atoms. The van der Waals surface area contributed by atoms with Crippen LogP contribution >= 0.6 is 11.8 Å². The molecular weight excluding hydrogens is 396 g/mol. The van der Waals surface area contributed by atoms with Crippen LogP contribution in [-0.2, 0) is 14.3 Å². The van der Waals surface area contributed by atoms with Crippen molar-refractivity contribution in [3.63, 3.8) is 0 Å². The highest BCUT2D eigenvalue weighted by Crippen LogP contribution is 2.45. The van der Waals surface area contributed by atoms with Gasteiger partial charge in [-0.1, -0.05) is 23.9 Å². The number of carbonyl (C=O) groups is 3. The van der Waals surface area contributed by atoms with Crippen molar-refractivity contribution < 1.29 is 23.9 Å². The van der Waals surface area contributed by atoms with Gasteiger partial charge in [0.05, 0.1) is 30.4 Å². The van der Waals surface area contributed by atoms with Crippen molar-refractivity contribution in [3.8, 4) is 11.8 Å². The number of amides is 3. The number of nitrogens with zero attached hydrogens (tertiary/aromatic N) is 1. The molecule has 29 heavy (non-hydrogen) atoms. The van der Waals surface area contributed by atoms with E-state index in [2.05, 4.69) is 16.7 Å². The monoisotopic (exact) mass is 418 g/mol. The van der Waals surface area contributed by atoms with Crippen molar-refractivity contribution in [3.05, 3.63) is 40.4 Å². The third-order valence-corrected chi connectivity index (χ3v) is 5.43. The van der Waals surface area contributed by atoms with E-state index in [9.17, 15) is 19.6 Å². The van der Waals surface area contributed by atoms with Crippen LogP contribution in [0.15, 0.2) is 34.9 Å². The molecule has 154 valence electrons. The summed E-state index contributed by atoms with van der Waals surface area (Å²) in [6, 6.07) is 7.20. The minimum atomic E-state index is -0.922. The Bertz CT molecular complexity index is 862. The first-order chi connectivity index (χ1) is 13.8. The molecule has 10 heteroatoms. The molecule has 1 aromatic carbocycles. The molecule has 0 aliphatic carbocycles. The first kappa shape index (κ1) is 22.1. The summed E-state index contributed by atoms with van der Waals surface area (Å²) in [5.74, 6) is -1.23. The maximum absolute atomic E-state index is 12.7. The highest BCUT2D eigenvalue weighted by molar-refractivity contribution is 8.04. The summed E-state index contributed by atoms with van der Waals surface area (Å²) in [6.45, 7) is 3.27. The van der Waals surface area contributed by atoms with E-state index < -0.39 is 35.1 Å². The van der Waals surface area contributed by atoms with Crippen LogP contribution < -0.4 is 21.1 Å². The van der Waals surface area contributed by atoms with Gasteiger partial charge in [-0.25, -0.2) is 9.59 Å². The van der Waals surface area contributed by atoms with Gasteiger partial charge in [0.2, 0.25) is 5.91 Å². The SMILES string of the molecule is CCOC(=O)[C@@H](C)NC(=O)NC(=O)[C@@H]1SC(N)=C(C#N)[C@H]1c1ccc(OC)cc1. The summed E-state index contributed by atoms with van der Waals surface area (Å²) in [4.78, 5) is 36.4. The maximum Gasteiger partial charge on any atom is 0.328 e. The Kier molecular flexibility index (Phi) is 7.50. The molecule has 4 N–H and O–H groups in total. The van der Waals surface area contributed by atoms with E-state index in [1.54, 1.807) is 31.2 Å². The number of esters is 1. The van der Waals surface area contributed by atoms with E-state index in [1.807, 2.05) is 0 Å². The summed E-state index contributed by atoms with van der Waals surface area (Å²) >= 11 is 1.01. The number of allylic oxidation sites excluding steroid dienone is 1. The van der Waals surface area contributed by atoms with Crippen LogP contribution in [0.1, 0.15) is 25.3 Å². The first-order valence-corrected chi connectivity index (χ1v) is 9.68. The Morgan fingerprint density at radius 3 is 2.52 bits per heavy atom. The Morgan fingerprint density at radius 1 is 1.31 bits per heavy atom. The smallest absolute Gasteiger partial charge is 0.328 e. The molecule has 1 aliphatic rings. The second-order valence-electron chi connectivity index (χ2n) is 6.12. The lowest BCUT2D eigenvalue weighted by Gasteiger charge is -2.20. The second kappa shape index (κ2) is 9.84. The molecule has 2 rings (SSSR count). The van der Waals surface area contributed by atoms with E-state index >= 15 is 0 Å². The van der Waals surface area contributed by atoms with E-state index in [4.69, 9.17) is 15.2 Å². The first-order valence-electron chi connectivity index (χ1n) is 8.80. The third kappa shape index (κ3) is 5.20. The summed E-state index contributed by atoms with van der Waals surface area (Å²) < 4.78 is 9.94. The molecule has 9 nitrogen and oxygen atoms in total. The zero-order chi connectivity index (χ0) is 21.6. The van der Waals surface area contributed by atoms with Gasteiger partial charge in [-0.2, -0.15) is 5.26 Å². The number of rotatable bonds is 6. The molecule has 1 heterocycles. The molecule has 0 bridgehead atoms. The van der Waals surface area contributed by atoms with Gasteiger partial charge in [-0.05, 0) is 31.5 Å². The van der Waals surface area contributed by atoms with Crippen molar-refractivity contribution in [1.29, 1.82) is 5.26 Å². The minimum absolute atomic E-state index is 0.176. The second-order valence-corrected chi connectivity index (χ2v) is 7.30. The van der Waals surface area contributed by atoms with Crippen molar-refractivity contribution in [2.45, 2.75) is 31.1 Å². The van der Waals surface area contributed by atoms with Gasteiger partial charge in [0.15, 0.2) is 0 Å². The summed E-state index contributed by atoms with van der Waals surface area (Å²) in [7, 11) is 1.53. The quantitative estimate of drug-likeness (QED) is 0.588. The number of methoxy groups -OCH3 is 1. The number of ether oxygens (including phenoxy) is 2. The Morgan fingerprint density at radius 2 is 1.97 bits per heavy atom. The van der Waals surface area contributed by atoms with Gasteiger partial charge in [0, 0.05) is 5.92 Å². The summed E-state index contributed by atoms with van der Waals surface area (Å²) in [5.41, 5.74) is 6.89. The number of hydrogen-bond donors (Lipinski definition) is 3. The fraction of sp³-hybridized carbons (Fsp3) is 0.368. The fourth-order valence-corrected chi connectivity index (χ4v) is 3.97. The Hall–Kier alpha value is -3.19. The minimum Gasteiger partial charge on any atom is -0.497 e. The number of nitrogens with two attached hydrogens (primary N) is 1. The molecule has 0 aromatic heterocycles. The molecular formula is C19H22N4O5S. The molecule has 0 saturated carbocycles. The normalized spacial score (nSPS) is 19.1. The zero-order valence-electron chi connectivity index (χ0n) is 16.2. The molecule has 0 fully saturated rings. The Labute approximate surface area is 172 Å². The van der Waals surface area contributed by atoms with Crippen LogP contribution in [0, 0.1) is 11.3 Å². The van der Waals surface area contributed by atoms with E-state index in [0.717, 1.165) is 11.8 Å². The number of urea groups is 1. The molecule has 1 aliphatic heterocycles. The van der Waals surface area contributed by atoms with Crippen molar-refractivity contribution >= 4 is 29.7 Å². The Balaban J connectivity index is 2.14. The predicted octanol–water partition coefficient (Wildman–Crippen LogP) is 1.37. The molecule has 3 amide bonds. The van der Waals surface area contributed by atoms with Gasteiger partial charge in [-0.3, -0.25) is 10.1 Å². The van der Waals surface area contributed by atoms with Crippen LogP contribution in [0.25, 0.3) is 0 Å². The van der Waals surface area contributed by atoms with E-state index in [-0.39, 0.29) is 17.2 Å². The number of thioether (sulfide) groups is 1. The van der Waals surface area contributed by atoms with Crippen LogP contribution in [-0.4, -0.2) is 42.9 Å².